The van der Waals surface area contributed by atoms with Crippen molar-refractivity contribution in [3.8, 4) is 0 Å². The predicted molar refractivity (Wildman–Crippen MR) is 98.5 cm³/mol. The highest BCUT2D eigenvalue weighted by Gasteiger charge is 2.26. The number of carbonyl (C=O) groups is 1. The summed E-state index contributed by atoms with van der Waals surface area (Å²) in [7, 11) is -3.13. The Balaban J connectivity index is 1.50. The SMILES string of the molecule is CS(=O)(=O)N1CCN(CC(=O)N2CC=C(c3ccccc3)CC2)CC1. The maximum atomic E-state index is 12.5. The second-order valence-corrected chi connectivity index (χ2v) is 8.61. The Morgan fingerprint density at radius 3 is 2.28 bits per heavy atom. The van der Waals surface area contributed by atoms with Crippen LogP contribution in [0.4, 0.5) is 0 Å². The van der Waals surface area contributed by atoms with E-state index in [-0.39, 0.29) is 5.91 Å². The van der Waals surface area contributed by atoms with E-state index in [1.54, 1.807) is 0 Å². The van der Waals surface area contributed by atoms with Crippen molar-refractivity contribution in [1.29, 1.82) is 0 Å². The van der Waals surface area contributed by atoms with Gasteiger partial charge in [0.05, 0.1) is 12.8 Å². The topological polar surface area (TPSA) is 60.9 Å². The molecular formula is C18H25N3O3S. The Labute approximate surface area is 149 Å². The molecule has 3 rings (SSSR count). The number of amides is 1. The van der Waals surface area contributed by atoms with E-state index in [1.807, 2.05) is 28.0 Å². The molecular weight excluding hydrogens is 338 g/mol. The molecule has 2 aliphatic rings. The normalized spacial score (nSPS) is 20.4. The van der Waals surface area contributed by atoms with Gasteiger partial charge in [0.2, 0.25) is 15.9 Å². The summed E-state index contributed by atoms with van der Waals surface area (Å²) in [4.78, 5) is 16.4. The fraction of sp³-hybridized carbons (Fsp3) is 0.500. The van der Waals surface area contributed by atoms with Gasteiger partial charge in [-0.15, -0.1) is 0 Å². The Morgan fingerprint density at radius 1 is 1.04 bits per heavy atom. The average molecular weight is 363 g/mol. The summed E-state index contributed by atoms with van der Waals surface area (Å²) >= 11 is 0. The molecule has 1 aromatic carbocycles. The zero-order valence-electron chi connectivity index (χ0n) is 14.6. The highest BCUT2D eigenvalue weighted by molar-refractivity contribution is 7.88. The summed E-state index contributed by atoms with van der Waals surface area (Å²) in [5, 5.41) is 0. The minimum atomic E-state index is -3.13. The van der Waals surface area contributed by atoms with E-state index in [0.29, 0.717) is 39.3 Å². The quantitative estimate of drug-likeness (QED) is 0.797. The van der Waals surface area contributed by atoms with Crippen molar-refractivity contribution in [2.75, 3.05) is 52.1 Å². The van der Waals surface area contributed by atoms with Gasteiger partial charge >= 0.3 is 0 Å². The second-order valence-electron chi connectivity index (χ2n) is 6.62. The number of benzene rings is 1. The van der Waals surface area contributed by atoms with E-state index in [2.05, 4.69) is 18.2 Å². The lowest BCUT2D eigenvalue weighted by atomic mass is 9.99. The first-order chi connectivity index (χ1) is 11.9. The molecule has 0 N–H and O–H groups in total. The predicted octanol–water partition coefficient (Wildman–Crippen LogP) is 0.880. The highest BCUT2D eigenvalue weighted by Crippen LogP contribution is 2.22. The molecule has 7 heteroatoms. The molecule has 0 spiro atoms. The van der Waals surface area contributed by atoms with Crippen LogP contribution in [-0.2, 0) is 14.8 Å². The second kappa shape index (κ2) is 7.68. The van der Waals surface area contributed by atoms with Crippen LogP contribution in [0.3, 0.4) is 0 Å². The van der Waals surface area contributed by atoms with Gasteiger partial charge in [-0.25, -0.2) is 8.42 Å². The number of piperazine rings is 1. The Morgan fingerprint density at radius 2 is 1.72 bits per heavy atom. The van der Waals surface area contributed by atoms with Crippen molar-refractivity contribution >= 4 is 21.5 Å². The first-order valence-corrected chi connectivity index (χ1v) is 10.5. The van der Waals surface area contributed by atoms with E-state index < -0.39 is 10.0 Å². The molecule has 0 bridgehead atoms. The monoisotopic (exact) mass is 363 g/mol. The minimum Gasteiger partial charge on any atom is -0.338 e. The zero-order valence-corrected chi connectivity index (χ0v) is 15.4. The third-order valence-electron chi connectivity index (χ3n) is 4.87. The molecule has 0 saturated carbocycles. The van der Waals surface area contributed by atoms with Crippen molar-refractivity contribution in [2.24, 2.45) is 0 Å². The van der Waals surface area contributed by atoms with Crippen molar-refractivity contribution in [1.82, 2.24) is 14.1 Å². The van der Waals surface area contributed by atoms with Crippen LogP contribution in [0.5, 0.6) is 0 Å². The largest absolute Gasteiger partial charge is 0.338 e. The highest BCUT2D eigenvalue weighted by atomic mass is 32.2. The molecule has 6 nitrogen and oxygen atoms in total. The molecule has 0 atom stereocenters. The third kappa shape index (κ3) is 4.68. The summed E-state index contributed by atoms with van der Waals surface area (Å²) in [5.41, 5.74) is 2.53. The summed E-state index contributed by atoms with van der Waals surface area (Å²) in [6.07, 6.45) is 4.24. The van der Waals surface area contributed by atoms with E-state index in [4.69, 9.17) is 0 Å². The molecule has 0 aromatic heterocycles. The average Bonchev–Trinajstić information content (AvgIpc) is 2.62. The summed E-state index contributed by atoms with van der Waals surface area (Å²) in [5.74, 6) is 0.121. The van der Waals surface area contributed by atoms with Gasteiger partial charge in [-0.05, 0) is 17.6 Å². The van der Waals surface area contributed by atoms with E-state index in [9.17, 15) is 13.2 Å². The lowest BCUT2D eigenvalue weighted by Crippen LogP contribution is -2.51. The molecule has 25 heavy (non-hydrogen) atoms. The summed E-state index contributed by atoms with van der Waals surface area (Å²) in [6.45, 7) is 3.89. The van der Waals surface area contributed by atoms with E-state index >= 15 is 0 Å². The Kier molecular flexibility index (Phi) is 5.56. The standard InChI is InChI=1S/C18H25N3O3S/c1-25(23,24)21-13-11-19(12-14-21)15-18(22)20-9-7-17(8-10-20)16-5-3-2-4-6-16/h2-7H,8-15H2,1H3. The number of carbonyl (C=O) groups excluding carboxylic acids is 1. The number of hydrogen-bond acceptors (Lipinski definition) is 4. The third-order valence-corrected chi connectivity index (χ3v) is 6.17. The summed E-state index contributed by atoms with van der Waals surface area (Å²) in [6, 6.07) is 10.3. The van der Waals surface area contributed by atoms with Crippen LogP contribution in [0.1, 0.15) is 12.0 Å². The van der Waals surface area contributed by atoms with Gasteiger partial charge in [0, 0.05) is 39.3 Å². The number of sulfonamides is 1. The van der Waals surface area contributed by atoms with Gasteiger partial charge in [-0.2, -0.15) is 4.31 Å². The maximum absolute atomic E-state index is 12.5. The lowest BCUT2D eigenvalue weighted by Gasteiger charge is -2.34. The fourth-order valence-electron chi connectivity index (χ4n) is 3.32. The molecule has 2 heterocycles. The zero-order chi connectivity index (χ0) is 17.9. The molecule has 0 radical (unpaired) electrons. The minimum absolute atomic E-state index is 0.121. The Hall–Kier alpha value is -1.70. The molecule has 2 aliphatic heterocycles. The van der Waals surface area contributed by atoms with Crippen LogP contribution in [0.2, 0.25) is 0 Å². The van der Waals surface area contributed by atoms with Gasteiger partial charge in [0.15, 0.2) is 0 Å². The molecule has 1 saturated heterocycles. The van der Waals surface area contributed by atoms with Crippen LogP contribution in [0.15, 0.2) is 36.4 Å². The molecule has 1 aromatic rings. The van der Waals surface area contributed by atoms with Gasteiger partial charge in [0.1, 0.15) is 0 Å². The number of hydrogen-bond donors (Lipinski definition) is 0. The maximum Gasteiger partial charge on any atom is 0.237 e. The van der Waals surface area contributed by atoms with Gasteiger partial charge < -0.3 is 4.90 Å². The van der Waals surface area contributed by atoms with Crippen molar-refractivity contribution in [3.05, 3.63) is 42.0 Å². The molecule has 0 unspecified atom stereocenters. The van der Waals surface area contributed by atoms with Gasteiger partial charge in [-0.3, -0.25) is 9.69 Å². The van der Waals surface area contributed by atoms with Crippen molar-refractivity contribution in [3.63, 3.8) is 0 Å². The number of rotatable bonds is 4. The van der Waals surface area contributed by atoms with Crippen LogP contribution >= 0.6 is 0 Å². The molecule has 136 valence electrons. The van der Waals surface area contributed by atoms with Gasteiger partial charge in [-0.1, -0.05) is 36.4 Å². The summed E-state index contributed by atoms with van der Waals surface area (Å²) < 4.78 is 24.5. The van der Waals surface area contributed by atoms with Crippen LogP contribution in [0, 0.1) is 0 Å². The van der Waals surface area contributed by atoms with Gasteiger partial charge in [0.25, 0.3) is 0 Å². The first kappa shape index (κ1) is 18.1. The van der Waals surface area contributed by atoms with Crippen LogP contribution in [-0.4, -0.2) is 80.5 Å². The van der Waals surface area contributed by atoms with E-state index in [1.165, 1.54) is 21.7 Å². The van der Waals surface area contributed by atoms with Crippen molar-refractivity contribution < 1.29 is 13.2 Å². The van der Waals surface area contributed by atoms with Crippen molar-refractivity contribution in [2.45, 2.75) is 6.42 Å². The Bertz CT molecular complexity index is 738. The lowest BCUT2D eigenvalue weighted by molar-refractivity contribution is -0.132. The number of nitrogens with zero attached hydrogens (tertiary/aromatic N) is 3. The smallest absolute Gasteiger partial charge is 0.237 e. The van der Waals surface area contributed by atoms with Crippen LogP contribution in [0.25, 0.3) is 5.57 Å². The van der Waals surface area contributed by atoms with E-state index in [0.717, 1.165) is 13.0 Å². The fourth-order valence-corrected chi connectivity index (χ4v) is 4.15. The van der Waals surface area contributed by atoms with Crippen LogP contribution < -0.4 is 0 Å². The molecule has 1 amide bonds. The molecule has 1 fully saturated rings. The first-order valence-electron chi connectivity index (χ1n) is 8.63. The molecule has 0 aliphatic carbocycles.